The van der Waals surface area contributed by atoms with Crippen LogP contribution in [0.1, 0.15) is 16.7 Å². The first-order valence-electron chi connectivity index (χ1n) is 11.2. The second-order valence-corrected chi connectivity index (χ2v) is 8.66. The van der Waals surface area contributed by atoms with Crippen molar-refractivity contribution in [3.05, 3.63) is 95.3 Å². The van der Waals surface area contributed by atoms with Crippen molar-refractivity contribution in [3.63, 3.8) is 0 Å². The zero-order valence-electron chi connectivity index (χ0n) is 18.6. The normalized spacial score (nSPS) is 18.1. The molecule has 2 aliphatic heterocycles. The van der Waals surface area contributed by atoms with Gasteiger partial charge in [-0.1, -0.05) is 42.5 Å². The van der Waals surface area contributed by atoms with Crippen molar-refractivity contribution in [1.29, 1.82) is 0 Å². The van der Waals surface area contributed by atoms with E-state index >= 15 is 0 Å². The Balaban J connectivity index is 1.44. The molecule has 0 spiro atoms. The number of fused-ring (bicyclic) bond motifs is 1. The summed E-state index contributed by atoms with van der Waals surface area (Å²) in [6.07, 6.45) is 0. The summed E-state index contributed by atoms with van der Waals surface area (Å²) in [6.45, 7) is 5.29. The Morgan fingerprint density at radius 3 is 2.42 bits per heavy atom. The van der Waals surface area contributed by atoms with E-state index in [1.807, 2.05) is 42.5 Å². The summed E-state index contributed by atoms with van der Waals surface area (Å²) >= 11 is 0. The lowest BCUT2D eigenvalue weighted by Crippen LogP contribution is -2.43. The van der Waals surface area contributed by atoms with Crippen LogP contribution < -0.4 is 10.6 Å². The predicted molar refractivity (Wildman–Crippen MR) is 131 cm³/mol. The van der Waals surface area contributed by atoms with E-state index < -0.39 is 0 Å². The maximum absolute atomic E-state index is 13.7. The third kappa shape index (κ3) is 4.67. The van der Waals surface area contributed by atoms with Gasteiger partial charge >= 0.3 is 0 Å². The van der Waals surface area contributed by atoms with E-state index in [2.05, 4.69) is 39.6 Å². The van der Waals surface area contributed by atoms with Crippen LogP contribution in [0.15, 0.2) is 72.8 Å². The van der Waals surface area contributed by atoms with Gasteiger partial charge in [-0.3, -0.25) is 9.69 Å². The molecule has 5 rings (SSSR count). The Morgan fingerprint density at radius 1 is 0.970 bits per heavy atom. The van der Waals surface area contributed by atoms with Gasteiger partial charge in [-0.15, -0.1) is 0 Å². The second-order valence-electron chi connectivity index (χ2n) is 8.66. The van der Waals surface area contributed by atoms with Gasteiger partial charge in [-0.05, 0) is 48.5 Å². The number of nitrogens with one attached hydrogen (secondary N) is 2. The molecule has 0 radical (unpaired) electrons. The largest absolute Gasteiger partial charge is 0.354 e. The molecule has 2 aliphatic rings. The highest BCUT2D eigenvalue weighted by molar-refractivity contribution is 6.37. The van der Waals surface area contributed by atoms with Crippen LogP contribution in [0.4, 0.5) is 15.8 Å². The third-order valence-electron chi connectivity index (χ3n) is 6.26. The molecule has 0 aromatic heterocycles. The topological polar surface area (TPSA) is 47.6 Å². The van der Waals surface area contributed by atoms with E-state index in [9.17, 15) is 9.18 Å². The summed E-state index contributed by atoms with van der Waals surface area (Å²) in [5.74, 6) is -0.617. The van der Waals surface area contributed by atoms with Crippen LogP contribution in [0.2, 0.25) is 0 Å². The first-order chi connectivity index (χ1) is 16.1. The van der Waals surface area contributed by atoms with Gasteiger partial charge in [0.2, 0.25) is 0 Å². The minimum Gasteiger partial charge on any atom is -0.354 e. The SMILES string of the molecule is CN1CCN(Cc2ccc(N/C(=C3\C(=O)Nc4cc(F)ccc43)c3ccccc3)cc2)CC1. The number of anilines is 2. The molecule has 3 aromatic carbocycles. The maximum atomic E-state index is 13.7. The number of halogens is 1. The van der Waals surface area contributed by atoms with Gasteiger partial charge in [0.05, 0.1) is 17.0 Å². The van der Waals surface area contributed by atoms with Crippen LogP contribution in [0.25, 0.3) is 11.3 Å². The van der Waals surface area contributed by atoms with Crippen LogP contribution in [-0.2, 0) is 11.3 Å². The Hall–Kier alpha value is -3.48. The smallest absolute Gasteiger partial charge is 0.258 e. The standard InChI is InChI=1S/C27H27FN4O/c1-31-13-15-32(16-14-31)18-19-7-10-22(11-8-19)29-26(20-5-3-2-4-6-20)25-23-12-9-21(28)17-24(23)30-27(25)33/h2-12,17,29H,13-16,18H2,1H3,(H,30,33)/b26-25-. The van der Waals surface area contributed by atoms with Crippen LogP contribution >= 0.6 is 0 Å². The molecule has 33 heavy (non-hydrogen) atoms. The molecule has 6 heteroatoms. The number of rotatable bonds is 5. The summed E-state index contributed by atoms with van der Waals surface area (Å²) < 4.78 is 13.7. The molecular weight excluding hydrogens is 415 g/mol. The van der Waals surface area contributed by atoms with Gasteiger partial charge in [0.15, 0.2) is 0 Å². The van der Waals surface area contributed by atoms with Crippen LogP contribution in [0, 0.1) is 5.82 Å². The fourth-order valence-electron chi connectivity index (χ4n) is 4.38. The Kier molecular flexibility index (Phi) is 5.94. The molecule has 1 amide bonds. The predicted octanol–water partition coefficient (Wildman–Crippen LogP) is 4.51. The average molecular weight is 443 g/mol. The zero-order valence-corrected chi connectivity index (χ0v) is 18.6. The maximum Gasteiger partial charge on any atom is 0.258 e. The van der Waals surface area contributed by atoms with E-state index in [4.69, 9.17) is 0 Å². The monoisotopic (exact) mass is 442 g/mol. The van der Waals surface area contributed by atoms with Crippen molar-refractivity contribution in [2.45, 2.75) is 6.54 Å². The lowest BCUT2D eigenvalue weighted by atomic mass is 10.00. The van der Waals surface area contributed by atoms with Crippen molar-refractivity contribution in [1.82, 2.24) is 9.80 Å². The van der Waals surface area contributed by atoms with Gasteiger partial charge < -0.3 is 15.5 Å². The number of likely N-dealkylation sites (N-methyl/N-ethyl adjacent to an activating group) is 1. The Morgan fingerprint density at radius 2 is 1.70 bits per heavy atom. The van der Waals surface area contributed by atoms with Gasteiger partial charge in [-0.25, -0.2) is 4.39 Å². The van der Waals surface area contributed by atoms with E-state index in [1.165, 1.54) is 17.7 Å². The number of benzene rings is 3. The Bertz CT molecular complexity index is 1180. The Labute approximate surface area is 193 Å². The number of piperazine rings is 1. The molecule has 2 heterocycles. The lowest BCUT2D eigenvalue weighted by molar-refractivity contribution is -0.110. The molecule has 2 N–H and O–H groups in total. The molecule has 3 aromatic rings. The zero-order chi connectivity index (χ0) is 22.8. The highest BCUT2D eigenvalue weighted by Crippen LogP contribution is 2.37. The molecule has 5 nitrogen and oxygen atoms in total. The van der Waals surface area contributed by atoms with Crippen molar-refractivity contribution < 1.29 is 9.18 Å². The fraction of sp³-hybridized carbons (Fsp3) is 0.222. The highest BCUT2D eigenvalue weighted by Gasteiger charge is 2.28. The number of carbonyl (C=O) groups is 1. The minimum atomic E-state index is -0.375. The summed E-state index contributed by atoms with van der Waals surface area (Å²) in [6, 6.07) is 22.5. The van der Waals surface area contributed by atoms with Crippen molar-refractivity contribution in [3.8, 4) is 0 Å². The van der Waals surface area contributed by atoms with Crippen LogP contribution in [0.3, 0.4) is 0 Å². The number of nitrogens with zero attached hydrogens (tertiary/aromatic N) is 2. The molecule has 0 bridgehead atoms. The van der Waals surface area contributed by atoms with Gasteiger partial charge in [0.25, 0.3) is 5.91 Å². The van der Waals surface area contributed by atoms with Gasteiger partial charge in [0, 0.05) is 44.0 Å². The third-order valence-corrected chi connectivity index (χ3v) is 6.26. The lowest BCUT2D eigenvalue weighted by Gasteiger charge is -2.32. The van der Waals surface area contributed by atoms with E-state index in [-0.39, 0.29) is 11.7 Å². The summed E-state index contributed by atoms with van der Waals surface area (Å²) in [4.78, 5) is 17.7. The molecule has 0 atom stereocenters. The number of hydrogen-bond acceptors (Lipinski definition) is 4. The van der Waals surface area contributed by atoms with Crippen molar-refractivity contribution >= 4 is 28.6 Å². The molecule has 1 fully saturated rings. The molecule has 1 saturated heterocycles. The van der Waals surface area contributed by atoms with Crippen molar-refractivity contribution in [2.24, 2.45) is 0 Å². The van der Waals surface area contributed by atoms with E-state index in [0.717, 1.165) is 44.0 Å². The molecule has 0 unspecified atom stereocenters. The van der Waals surface area contributed by atoms with Crippen LogP contribution in [0.5, 0.6) is 0 Å². The van der Waals surface area contributed by atoms with Gasteiger partial charge in [-0.2, -0.15) is 0 Å². The van der Waals surface area contributed by atoms with Gasteiger partial charge in [0.1, 0.15) is 5.82 Å². The van der Waals surface area contributed by atoms with Crippen LogP contribution in [-0.4, -0.2) is 48.9 Å². The van der Waals surface area contributed by atoms with E-state index in [1.54, 1.807) is 6.07 Å². The first-order valence-corrected chi connectivity index (χ1v) is 11.2. The number of carbonyl (C=O) groups excluding carboxylic acids is 1. The highest BCUT2D eigenvalue weighted by atomic mass is 19.1. The number of hydrogen-bond donors (Lipinski definition) is 2. The van der Waals surface area contributed by atoms with Crippen molar-refractivity contribution in [2.75, 3.05) is 43.9 Å². The molecular formula is C27H27FN4O. The average Bonchev–Trinajstić information content (AvgIpc) is 3.15. The minimum absolute atomic E-state index is 0.242. The van der Waals surface area contributed by atoms with E-state index in [0.29, 0.717) is 22.5 Å². The summed E-state index contributed by atoms with van der Waals surface area (Å²) in [5.41, 5.74) is 5.45. The first kappa shape index (κ1) is 21.4. The number of amides is 1. The molecule has 0 aliphatic carbocycles. The fourth-order valence-corrected chi connectivity index (χ4v) is 4.38. The quantitative estimate of drug-likeness (QED) is 0.571. The molecule has 168 valence electrons. The summed E-state index contributed by atoms with van der Waals surface area (Å²) in [5, 5.41) is 6.26. The molecule has 0 saturated carbocycles. The summed E-state index contributed by atoms with van der Waals surface area (Å²) in [7, 11) is 2.16. The second kappa shape index (κ2) is 9.17.